The molecule has 0 saturated carbocycles. The molecule has 3 nitrogen and oxygen atoms in total. The van der Waals surface area contributed by atoms with E-state index >= 15 is 0 Å². The first-order chi connectivity index (χ1) is 8.83. The van der Waals surface area contributed by atoms with E-state index in [1.807, 2.05) is 24.3 Å². The predicted molar refractivity (Wildman–Crippen MR) is 71.2 cm³/mol. The highest BCUT2D eigenvalue weighted by atomic mass is 16.4. The van der Waals surface area contributed by atoms with Crippen LogP contribution in [0.2, 0.25) is 0 Å². The number of hydrogen-bond acceptors (Lipinski definition) is 3. The van der Waals surface area contributed by atoms with Crippen molar-refractivity contribution in [2.45, 2.75) is 0 Å². The smallest absolute Gasteiger partial charge is 0.374 e. The third-order valence-corrected chi connectivity index (χ3v) is 2.37. The van der Waals surface area contributed by atoms with Crippen LogP contribution >= 0.6 is 0 Å². The molecule has 0 unspecified atom stereocenters. The zero-order chi connectivity index (χ0) is 12.8. The lowest BCUT2D eigenvalue weighted by molar-refractivity contribution is 0.615. The predicted octanol–water partition coefficient (Wildman–Crippen LogP) is 2.77. The Kier molecular flexibility index (Phi) is 3.77. The van der Waals surface area contributed by atoms with E-state index in [-0.39, 0.29) is 0 Å². The molecule has 2 radical (unpaired) electrons. The normalized spacial score (nSPS) is 10.2. The lowest BCUT2D eigenvalue weighted by Crippen LogP contribution is -1.91. The minimum atomic E-state index is 0.553. The Morgan fingerprint density at radius 3 is 2.78 bits per heavy atom. The van der Waals surface area contributed by atoms with Gasteiger partial charge in [0.25, 0.3) is 0 Å². The molecule has 84 valence electrons. The molecule has 0 aromatic heterocycles. The van der Waals surface area contributed by atoms with Crippen LogP contribution in [0.25, 0.3) is 0 Å². The van der Waals surface area contributed by atoms with Crippen molar-refractivity contribution in [1.29, 1.82) is 5.26 Å². The highest BCUT2D eigenvalue weighted by Crippen LogP contribution is 2.17. The third kappa shape index (κ3) is 2.77. The maximum Gasteiger partial charge on any atom is 0.374 e. The van der Waals surface area contributed by atoms with Crippen LogP contribution in [0.15, 0.2) is 53.5 Å². The minimum Gasteiger partial charge on any atom is -0.567 e. The molecule has 0 atom stereocenters. The summed E-state index contributed by atoms with van der Waals surface area (Å²) in [4.78, 5) is 4.28. The highest BCUT2D eigenvalue weighted by Gasteiger charge is 1.97. The highest BCUT2D eigenvalue weighted by molar-refractivity contribution is 6.01. The Morgan fingerprint density at radius 2 is 2.00 bits per heavy atom. The number of rotatable bonds is 3. The van der Waals surface area contributed by atoms with Crippen molar-refractivity contribution >= 4 is 20.0 Å². The van der Waals surface area contributed by atoms with Crippen LogP contribution in [0, 0.1) is 11.3 Å². The monoisotopic (exact) mass is 232 g/mol. The van der Waals surface area contributed by atoms with Gasteiger partial charge in [-0.25, -0.2) is 0 Å². The van der Waals surface area contributed by atoms with Gasteiger partial charge in [0, 0.05) is 11.8 Å². The summed E-state index contributed by atoms with van der Waals surface area (Å²) in [6.07, 6.45) is 1.65. The van der Waals surface area contributed by atoms with E-state index in [1.165, 1.54) is 0 Å². The lowest BCUT2D eigenvalue weighted by atomic mass is 10.2. The molecule has 0 amide bonds. The van der Waals surface area contributed by atoms with Gasteiger partial charge in [0.15, 0.2) is 0 Å². The molecule has 0 aliphatic rings. The van der Waals surface area contributed by atoms with E-state index in [1.54, 1.807) is 30.5 Å². The fourth-order valence-electron chi connectivity index (χ4n) is 1.49. The molecular weight excluding hydrogens is 223 g/mol. The van der Waals surface area contributed by atoms with Gasteiger partial charge < -0.3 is 4.65 Å². The van der Waals surface area contributed by atoms with Gasteiger partial charge in [0.2, 0.25) is 0 Å². The third-order valence-electron chi connectivity index (χ3n) is 2.37. The van der Waals surface area contributed by atoms with Crippen molar-refractivity contribution in [3.05, 3.63) is 59.7 Å². The van der Waals surface area contributed by atoms with Crippen molar-refractivity contribution in [2.24, 2.45) is 4.99 Å². The summed E-state index contributed by atoms with van der Waals surface area (Å²) in [6, 6.07) is 16.4. The summed E-state index contributed by atoms with van der Waals surface area (Å²) in [5.74, 6) is 0.553. The molecule has 2 aromatic rings. The molecule has 18 heavy (non-hydrogen) atoms. The van der Waals surface area contributed by atoms with Crippen LogP contribution in [0.4, 0.5) is 5.69 Å². The zero-order valence-corrected chi connectivity index (χ0v) is 9.58. The minimum absolute atomic E-state index is 0.553. The Hall–Kier alpha value is -2.54. The molecule has 0 spiro atoms. The van der Waals surface area contributed by atoms with E-state index in [2.05, 4.69) is 11.1 Å². The second-order valence-corrected chi connectivity index (χ2v) is 3.58. The second-order valence-electron chi connectivity index (χ2n) is 3.58. The number of aliphatic imine (C=N–C) groups is 1. The maximum atomic E-state index is 8.79. The molecule has 0 aliphatic heterocycles. The number of benzene rings is 2. The first-order valence-electron chi connectivity index (χ1n) is 5.33. The van der Waals surface area contributed by atoms with Crippen molar-refractivity contribution in [3.63, 3.8) is 0 Å². The Bertz CT molecular complexity index is 617. The molecule has 0 aliphatic carbocycles. The average molecular weight is 232 g/mol. The summed E-state index contributed by atoms with van der Waals surface area (Å²) in [5.41, 5.74) is 2.07. The molecular formula is C14H9BN2O. The van der Waals surface area contributed by atoms with E-state index in [0.29, 0.717) is 17.0 Å². The summed E-state index contributed by atoms with van der Waals surface area (Å²) in [7, 11) is 5.16. The topological polar surface area (TPSA) is 45.4 Å². The van der Waals surface area contributed by atoms with Crippen molar-refractivity contribution < 1.29 is 4.65 Å². The number of para-hydroxylation sites is 1. The van der Waals surface area contributed by atoms with Crippen molar-refractivity contribution in [1.82, 2.24) is 0 Å². The summed E-state index contributed by atoms with van der Waals surface area (Å²) in [6.45, 7) is 0. The van der Waals surface area contributed by atoms with E-state index in [9.17, 15) is 0 Å². The van der Waals surface area contributed by atoms with Gasteiger partial charge in [-0.3, -0.25) is 4.99 Å². The second kappa shape index (κ2) is 5.69. The zero-order valence-electron chi connectivity index (χ0n) is 9.58. The van der Waals surface area contributed by atoms with Gasteiger partial charge in [-0.05, 0) is 30.3 Å². The van der Waals surface area contributed by atoms with Crippen LogP contribution in [0.1, 0.15) is 11.1 Å². The van der Waals surface area contributed by atoms with E-state index in [0.717, 1.165) is 5.56 Å². The van der Waals surface area contributed by atoms with Gasteiger partial charge >= 0.3 is 8.05 Å². The van der Waals surface area contributed by atoms with Crippen molar-refractivity contribution in [2.75, 3.05) is 0 Å². The van der Waals surface area contributed by atoms with Gasteiger partial charge in [0.05, 0.1) is 17.3 Å². The number of nitriles is 1. The van der Waals surface area contributed by atoms with Crippen LogP contribution in [-0.4, -0.2) is 14.3 Å². The largest absolute Gasteiger partial charge is 0.567 e. The van der Waals surface area contributed by atoms with Crippen LogP contribution in [-0.2, 0) is 0 Å². The quantitative estimate of drug-likeness (QED) is 0.603. The van der Waals surface area contributed by atoms with Crippen LogP contribution in [0.5, 0.6) is 5.75 Å². The van der Waals surface area contributed by atoms with Gasteiger partial charge in [-0.15, -0.1) is 0 Å². The van der Waals surface area contributed by atoms with Gasteiger partial charge in [-0.1, -0.05) is 18.2 Å². The van der Waals surface area contributed by atoms with E-state index in [4.69, 9.17) is 18.0 Å². The average Bonchev–Trinajstić information content (AvgIpc) is 2.45. The fourth-order valence-corrected chi connectivity index (χ4v) is 1.49. The molecule has 0 fully saturated rings. The molecule has 0 bridgehead atoms. The van der Waals surface area contributed by atoms with E-state index < -0.39 is 0 Å². The molecule has 4 heteroatoms. The first kappa shape index (κ1) is 11.9. The van der Waals surface area contributed by atoms with Gasteiger partial charge in [0.1, 0.15) is 5.75 Å². The molecule has 2 aromatic carbocycles. The first-order valence-corrected chi connectivity index (χ1v) is 5.33. The maximum absolute atomic E-state index is 8.79. The summed E-state index contributed by atoms with van der Waals surface area (Å²) < 4.78 is 4.74. The Balaban J connectivity index is 2.27. The Labute approximate surface area is 107 Å². The lowest BCUT2D eigenvalue weighted by Gasteiger charge is -2.03. The fraction of sp³-hybridized carbons (Fsp3) is 0. The molecule has 2 rings (SSSR count). The van der Waals surface area contributed by atoms with Crippen LogP contribution in [0.3, 0.4) is 0 Å². The van der Waals surface area contributed by atoms with Gasteiger partial charge in [-0.2, -0.15) is 5.26 Å². The number of hydrogen-bond donors (Lipinski definition) is 0. The number of nitrogens with zero attached hydrogens (tertiary/aromatic N) is 2. The molecule has 0 saturated heterocycles. The van der Waals surface area contributed by atoms with Crippen molar-refractivity contribution in [3.8, 4) is 11.8 Å². The summed E-state index contributed by atoms with van der Waals surface area (Å²) in [5, 5.41) is 8.79. The SMILES string of the molecule is [B]Oc1ccccc1C=Nc1cccc(C#N)c1. The molecule has 0 N–H and O–H groups in total. The standard InChI is InChI=1S/C14H9BN2O/c15-18-14-7-2-1-5-12(14)10-17-13-6-3-4-11(8-13)9-16/h1-8,10H. The summed E-state index contributed by atoms with van der Waals surface area (Å²) >= 11 is 0. The molecule has 0 heterocycles. The van der Waals surface area contributed by atoms with Crippen LogP contribution < -0.4 is 4.65 Å². The Morgan fingerprint density at radius 1 is 1.17 bits per heavy atom.